The maximum Gasteiger partial charge on any atom is 0.222 e. The molecule has 2 aromatic rings. The van der Waals surface area contributed by atoms with Crippen molar-refractivity contribution in [3.8, 4) is 0 Å². The van der Waals surface area contributed by atoms with Crippen LogP contribution in [-0.2, 0) is 4.79 Å². The van der Waals surface area contributed by atoms with Gasteiger partial charge in [-0.1, -0.05) is 6.92 Å². The molecule has 0 spiro atoms. The monoisotopic (exact) mass is 287 g/mol. The predicted octanol–water partition coefficient (Wildman–Crippen LogP) is 3.47. The first-order valence-electron chi connectivity index (χ1n) is 7.72. The molecule has 0 atom stereocenters. The number of nitrogens with two attached hydrogens (primary N) is 1. The first kappa shape index (κ1) is 15.4. The number of aromatic amines is 1. The first-order valence-corrected chi connectivity index (χ1v) is 7.72. The molecule has 1 fully saturated rings. The average Bonchev–Trinajstić information content (AvgIpc) is 3.11. The summed E-state index contributed by atoms with van der Waals surface area (Å²) in [6.45, 7) is 6.11. The van der Waals surface area contributed by atoms with Crippen LogP contribution in [0.5, 0.6) is 0 Å². The smallest absolute Gasteiger partial charge is 0.222 e. The van der Waals surface area contributed by atoms with Gasteiger partial charge in [-0.2, -0.15) is 0 Å². The standard InChI is InChI=1S/C9H10N2.C8H15NO/c1-6-5-11-9-3-2-7(10)4-8(6)9;1-2-5-8(10)9-6-3-4-7-9/h2-5,11H,10H2,1H3;2-7H2,1H3. The fourth-order valence-corrected chi connectivity index (χ4v) is 2.62. The van der Waals surface area contributed by atoms with Gasteiger partial charge in [0, 0.05) is 42.3 Å². The average molecular weight is 287 g/mol. The molecular weight excluding hydrogens is 262 g/mol. The van der Waals surface area contributed by atoms with E-state index in [1.54, 1.807) is 0 Å². The molecule has 1 saturated heterocycles. The van der Waals surface area contributed by atoms with E-state index >= 15 is 0 Å². The fourth-order valence-electron chi connectivity index (χ4n) is 2.62. The van der Waals surface area contributed by atoms with Crippen molar-refractivity contribution in [1.82, 2.24) is 9.88 Å². The Hall–Kier alpha value is -1.97. The number of fused-ring (bicyclic) bond motifs is 1. The van der Waals surface area contributed by atoms with Crippen molar-refractivity contribution in [3.63, 3.8) is 0 Å². The van der Waals surface area contributed by atoms with E-state index in [4.69, 9.17) is 5.73 Å². The van der Waals surface area contributed by atoms with Gasteiger partial charge in [0.25, 0.3) is 0 Å². The number of hydrogen-bond donors (Lipinski definition) is 2. The Kier molecular flexibility index (Phi) is 5.26. The minimum Gasteiger partial charge on any atom is -0.399 e. The van der Waals surface area contributed by atoms with Crippen molar-refractivity contribution in [3.05, 3.63) is 30.0 Å². The highest BCUT2D eigenvalue weighted by Gasteiger charge is 2.15. The van der Waals surface area contributed by atoms with Crippen LogP contribution in [0.1, 0.15) is 38.2 Å². The van der Waals surface area contributed by atoms with Crippen LogP contribution in [0.15, 0.2) is 24.4 Å². The quantitative estimate of drug-likeness (QED) is 0.831. The lowest BCUT2D eigenvalue weighted by Crippen LogP contribution is -2.26. The third-order valence-corrected chi connectivity index (χ3v) is 3.84. The molecule has 2 heterocycles. The Balaban J connectivity index is 0.000000155. The molecule has 114 valence electrons. The second-order valence-electron chi connectivity index (χ2n) is 5.61. The Morgan fingerprint density at radius 1 is 1.33 bits per heavy atom. The summed E-state index contributed by atoms with van der Waals surface area (Å²) < 4.78 is 0. The van der Waals surface area contributed by atoms with Crippen LogP contribution >= 0.6 is 0 Å². The van der Waals surface area contributed by atoms with Gasteiger partial charge in [0.15, 0.2) is 0 Å². The molecule has 0 saturated carbocycles. The second kappa shape index (κ2) is 7.16. The number of nitrogens with zero attached hydrogens (tertiary/aromatic N) is 1. The van der Waals surface area contributed by atoms with Crippen LogP contribution in [0.3, 0.4) is 0 Å². The molecule has 21 heavy (non-hydrogen) atoms. The van der Waals surface area contributed by atoms with Gasteiger partial charge in [-0.15, -0.1) is 0 Å². The van der Waals surface area contributed by atoms with Crippen molar-refractivity contribution in [2.75, 3.05) is 18.8 Å². The number of anilines is 1. The zero-order chi connectivity index (χ0) is 15.2. The topological polar surface area (TPSA) is 62.1 Å². The van der Waals surface area contributed by atoms with E-state index in [-0.39, 0.29) is 0 Å². The Morgan fingerprint density at radius 3 is 2.71 bits per heavy atom. The number of likely N-dealkylation sites (tertiary alicyclic amines) is 1. The highest BCUT2D eigenvalue weighted by molar-refractivity contribution is 5.85. The van der Waals surface area contributed by atoms with Crippen LogP contribution in [0.25, 0.3) is 10.9 Å². The molecule has 1 amide bonds. The molecule has 3 N–H and O–H groups in total. The van der Waals surface area contributed by atoms with Crippen molar-refractivity contribution < 1.29 is 4.79 Å². The molecule has 1 aliphatic heterocycles. The number of nitrogens with one attached hydrogen (secondary N) is 1. The zero-order valence-corrected chi connectivity index (χ0v) is 13.0. The van der Waals surface area contributed by atoms with Gasteiger partial charge in [0.05, 0.1) is 0 Å². The van der Waals surface area contributed by atoms with Crippen LogP contribution in [0, 0.1) is 6.92 Å². The lowest BCUT2D eigenvalue weighted by molar-refractivity contribution is -0.130. The minimum absolute atomic E-state index is 0.347. The van der Waals surface area contributed by atoms with Crippen LogP contribution in [-0.4, -0.2) is 28.9 Å². The number of benzene rings is 1. The van der Waals surface area contributed by atoms with E-state index in [1.807, 2.05) is 36.2 Å². The van der Waals surface area contributed by atoms with E-state index < -0.39 is 0 Å². The molecular formula is C17H25N3O. The summed E-state index contributed by atoms with van der Waals surface area (Å²) in [7, 11) is 0. The lowest BCUT2D eigenvalue weighted by atomic mass is 10.2. The second-order valence-corrected chi connectivity index (χ2v) is 5.61. The number of hydrogen-bond acceptors (Lipinski definition) is 2. The zero-order valence-electron chi connectivity index (χ0n) is 13.0. The number of carbonyl (C=O) groups excluding carboxylic acids is 1. The summed E-state index contributed by atoms with van der Waals surface area (Å²) in [5.74, 6) is 0.347. The number of H-pyrrole nitrogens is 1. The first-order chi connectivity index (χ1) is 10.1. The van der Waals surface area contributed by atoms with E-state index in [1.165, 1.54) is 23.8 Å². The van der Waals surface area contributed by atoms with Crippen LogP contribution in [0.4, 0.5) is 5.69 Å². The molecule has 0 aliphatic carbocycles. The Labute approximate surface area is 126 Å². The predicted molar refractivity (Wildman–Crippen MR) is 88.2 cm³/mol. The third kappa shape index (κ3) is 4.00. The molecule has 0 bridgehead atoms. The molecule has 1 aromatic heterocycles. The number of amides is 1. The molecule has 0 radical (unpaired) electrons. The van der Waals surface area contributed by atoms with Gasteiger partial charge < -0.3 is 15.6 Å². The lowest BCUT2D eigenvalue weighted by Gasteiger charge is -2.13. The van der Waals surface area contributed by atoms with Gasteiger partial charge in [-0.3, -0.25) is 4.79 Å². The summed E-state index contributed by atoms with van der Waals surface area (Å²) >= 11 is 0. The minimum atomic E-state index is 0.347. The Bertz CT molecular complexity index is 597. The summed E-state index contributed by atoms with van der Waals surface area (Å²) in [6.07, 6.45) is 6.12. The number of aryl methyl sites for hydroxylation is 1. The highest BCUT2D eigenvalue weighted by Crippen LogP contribution is 2.19. The largest absolute Gasteiger partial charge is 0.399 e. The normalized spacial score (nSPS) is 14.1. The van der Waals surface area contributed by atoms with Crippen molar-refractivity contribution in [2.24, 2.45) is 0 Å². The fraction of sp³-hybridized carbons (Fsp3) is 0.471. The van der Waals surface area contributed by atoms with Crippen molar-refractivity contribution in [2.45, 2.75) is 39.5 Å². The Morgan fingerprint density at radius 2 is 2.05 bits per heavy atom. The van der Waals surface area contributed by atoms with Crippen LogP contribution < -0.4 is 5.73 Å². The summed E-state index contributed by atoms with van der Waals surface area (Å²) in [5, 5.41) is 1.21. The molecule has 0 unspecified atom stereocenters. The van der Waals surface area contributed by atoms with E-state index in [9.17, 15) is 4.79 Å². The van der Waals surface area contributed by atoms with Gasteiger partial charge in [-0.25, -0.2) is 0 Å². The molecule has 1 aromatic carbocycles. The number of rotatable bonds is 2. The third-order valence-electron chi connectivity index (χ3n) is 3.84. The van der Waals surface area contributed by atoms with Gasteiger partial charge in [0.2, 0.25) is 5.91 Å². The van der Waals surface area contributed by atoms with Gasteiger partial charge in [0.1, 0.15) is 0 Å². The van der Waals surface area contributed by atoms with Gasteiger partial charge >= 0.3 is 0 Å². The van der Waals surface area contributed by atoms with Gasteiger partial charge in [-0.05, 0) is 49.9 Å². The maximum atomic E-state index is 11.2. The van der Waals surface area contributed by atoms with E-state index in [0.717, 1.165) is 37.1 Å². The number of nitrogen functional groups attached to an aromatic ring is 1. The van der Waals surface area contributed by atoms with E-state index in [2.05, 4.69) is 11.9 Å². The molecule has 4 nitrogen and oxygen atoms in total. The number of aromatic nitrogens is 1. The van der Waals surface area contributed by atoms with E-state index in [0.29, 0.717) is 5.91 Å². The van der Waals surface area contributed by atoms with Crippen LogP contribution in [0.2, 0.25) is 0 Å². The highest BCUT2D eigenvalue weighted by atomic mass is 16.2. The molecule has 1 aliphatic rings. The SMILES string of the molecule is CCCC(=O)N1CCCC1.Cc1c[nH]c2ccc(N)cc12. The molecule has 3 rings (SSSR count). The maximum absolute atomic E-state index is 11.2. The summed E-state index contributed by atoms with van der Waals surface area (Å²) in [6, 6.07) is 5.89. The van der Waals surface area contributed by atoms with Crippen molar-refractivity contribution >= 4 is 22.5 Å². The molecule has 4 heteroatoms. The van der Waals surface area contributed by atoms with Crippen molar-refractivity contribution in [1.29, 1.82) is 0 Å². The number of carbonyl (C=O) groups is 1. The summed E-state index contributed by atoms with van der Waals surface area (Å²) in [4.78, 5) is 16.3. The summed E-state index contributed by atoms with van der Waals surface area (Å²) in [5.41, 5.74) is 8.85.